The van der Waals surface area contributed by atoms with Gasteiger partial charge in [-0.15, -0.1) is 0 Å². The molecule has 5 aromatic rings. The molecule has 2 heterocycles. The van der Waals surface area contributed by atoms with Crippen molar-refractivity contribution in [2.45, 2.75) is 12.8 Å². The molecule has 0 radical (unpaired) electrons. The Morgan fingerprint density at radius 2 is 1.43 bits per heavy atom. The highest BCUT2D eigenvalue weighted by Crippen LogP contribution is 2.34. The fraction of sp³-hybridized carbons (Fsp3) is 0.0769. The number of alkyl halides is 3. The highest BCUT2D eigenvalue weighted by Gasteiger charge is 2.35. The summed E-state index contributed by atoms with van der Waals surface area (Å²) in [6.45, 7) is 0.228. The predicted molar refractivity (Wildman–Crippen MR) is 125 cm³/mol. The van der Waals surface area contributed by atoms with Crippen LogP contribution < -0.4 is 4.74 Å². The molecule has 0 saturated heterocycles. The Bertz CT molecular complexity index is 1480. The van der Waals surface area contributed by atoms with Gasteiger partial charge in [0.2, 0.25) is 0 Å². The maximum absolute atomic E-state index is 13.9. The number of hydrogen-bond donors (Lipinski definition) is 0. The average Bonchev–Trinajstić information content (AvgIpc) is 3.27. The normalized spacial score (nSPS) is 11.7. The fourth-order valence-corrected chi connectivity index (χ4v) is 3.68. The molecule has 0 amide bonds. The topological polar surface area (TPSA) is 39.4 Å². The van der Waals surface area contributed by atoms with Gasteiger partial charge in [-0.2, -0.15) is 18.3 Å². The quantitative estimate of drug-likeness (QED) is 0.237. The van der Waals surface area contributed by atoms with E-state index in [0.717, 1.165) is 16.1 Å². The van der Waals surface area contributed by atoms with Crippen LogP contribution in [-0.4, -0.2) is 14.6 Å². The fourth-order valence-electron chi connectivity index (χ4n) is 3.56. The van der Waals surface area contributed by atoms with Crippen LogP contribution in [0, 0.1) is 5.82 Å². The van der Waals surface area contributed by atoms with Crippen molar-refractivity contribution < 1.29 is 22.3 Å². The van der Waals surface area contributed by atoms with Crippen molar-refractivity contribution in [1.29, 1.82) is 0 Å². The zero-order valence-corrected chi connectivity index (χ0v) is 18.7. The van der Waals surface area contributed by atoms with Gasteiger partial charge in [0.1, 0.15) is 18.2 Å². The van der Waals surface area contributed by atoms with Crippen LogP contribution >= 0.6 is 11.6 Å². The molecule has 0 aliphatic heterocycles. The van der Waals surface area contributed by atoms with E-state index in [9.17, 15) is 17.6 Å². The lowest BCUT2D eigenvalue weighted by Gasteiger charge is -2.11. The van der Waals surface area contributed by atoms with E-state index in [2.05, 4.69) is 10.1 Å². The Kier molecular flexibility index (Phi) is 5.90. The molecule has 0 bridgehead atoms. The molecule has 2 aromatic heterocycles. The Balaban J connectivity index is 1.46. The summed E-state index contributed by atoms with van der Waals surface area (Å²) in [5.41, 5.74) is 1.53. The van der Waals surface area contributed by atoms with Gasteiger partial charge in [-0.05, 0) is 60.2 Å². The molecule has 0 spiro atoms. The molecule has 0 aliphatic rings. The third-order valence-corrected chi connectivity index (χ3v) is 5.58. The molecule has 0 aliphatic carbocycles. The Hall–Kier alpha value is -3.91. The summed E-state index contributed by atoms with van der Waals surface area (Å²) in [4.78, 5) is 4.41. The molecule has 35 heavy (non-hydrogen) atoms. The van der Waals surface area contributed by atoms with Gasteiger partial charge in [0, 0.05) is 22.2 Å². The van der Waals surface area contributed by atoms with Gasteiger partial charge in [0.05, 0.1) is 11.4 Å². The third kappa shape index (κ3) is 4.97. The number of halogens is 5. The average molecular weight is 498 g/mol. The number of fused-ring (bicyclic) bond motifs is 1. The van der Waals surface area contributed by atoms with Crippen molar-refractivity contribution in [2.24, 2.45) is 0 Å². The summed E-state index contributed by atoms with van der Waals surface area (Å²) in [7, 11) is 0. The molecule has 4 nitrogen and oxygen atoms in total. The van der Waals surface area contributed by atoms with Gasteiger partial charge in [0.15, 0.2) is 11.3 Å². The number of ether oxygens (including phenoxy) is 1. The first-order valence-electron chi connectivity index (χ1n) is 10.5. The summed E-state index contributed by atoms with van der Waals surface area (Å²) < 4.78 is 61.2. The second-order valence-corrected chi connectivity index (χ2v) is 8.21. The molecular formula is C26H16ClF4N3O. The first kappa shape index (κ1) is 22.9. The minimum atomic E-state index is -4.64. The van der Waals surface area contributed by atoms with Crippen molar-refractivity contribution in [1.82, 2.24) is 14.6 Å². The lowest BCUT2D eigenvalue weighted by molar-refractivity contribution is -0.142. The van der Waals surface area contributed by atoms with Gasteiger partial charge in [-0.3, -0.25) is 0 Å². The number of nitrogens with zero attached hydrogens (tertiary/aromatic N) is 3. The van der Waals surface area contributed by atoms with Crippen LogP contribution in [0.4, 0.5) is 17.6 Å². The molecular weight excluding hydrogens is 482 g/mol. The van der Waals surface area contributed by atoms with Gasteiger partial charge < -0.3 is 4.74 Å². The van der Waals surface area contributed by atoms with Crippen LogP contribution in [0.3, 0.4) is 0 Å². The Morgan fingerprint density at radius 3 is 2.09 bits per heavy atom. The highest BCUT2D eigenvalue weighted by molar-refractivity contribution is 6.30. The molecule has 3 aromatic carbocycles. The number of benzene rings is 3. The van der Waals surface area contributed by atoms with E-state index in [4.69, 9.17) is 16.3 Å². The van der Waals surface area contributed by atoms with E-state index in [1.165, 1.54) is 18.2 Å². The molecule has 0 saturated carbocycles. The smallest absolute Gasteiger partial charge is 0.433 e. The molecule has 0 N–H and O–H groups in total. The van der Waals surface area contributed by atoms with Crippen LogP contribution in [-0.2, 0) is 12.8 Å². The predicted octanol–water partition coefficient (Wildman–Crippen LogP) is 7.45. The SMILES string of the molecule is Fc1ccc(COc2ccc(-c3cc(C(F)(F)F)n4nc(-c5ccc(Cl)cc5)cc4n3)cc2)cc1. The molecule has 5 rings (SSSR count). The van der Waals surface area contributed by atoms with E-state index in [1.807, 2.05) is 0 Å². The summed E-state index contributed by atoms with van der Waals surface area (Å²) >= 11 is 5.91. The summed E-state index contributed by atoms with van der Waals surface area (Å²) in [5, 5.41) is 4.65. The van der Waals surface area contributed by atoms with E-state index in [-0.39, 0.29) is 23.8 Å². The van der Waals surface area contributed by atoms with Crippen molar-refractivity contribution >= 4 is 17.2 Å². The second kappa shape index (κ2) is 9.03. The summed E-state index contributed by atoms with van der Waals surface area (Å²) in [5.74, 6) is 0.184. The van der Waals surface area contributed by atoms with E-state index in [1.54, 1.807) is 60.7 Å². The number of aromatic nitrogens is 3. The van der Waals surface area contributed by atoms with Gasteiger partial charge in [-0.25, -0.2) is 13.9 Å². The first-order valence-corrected chi connectivity index (χ1v) is 10.9. The summed E-state index contributed by atoms with van der Waals surface area (Å²) in [6, 6.07) is 21.6. The lowest BCUT2D eigenvalue weighted by Crippen LogP contribution is -2.13. The number of hydrogen-bond acceptors (Lipinski definition) is 3. The van der Waals surface area contributed by atoms with Crippen molar-refractivity contribution in [3.63, 3.8) is 0 Å². The zero-order valence-electron chi connectivity index (χ0n) is 17.9. The monoisotopic (exact) mass is 497 g/mol. The Morgan fingerprint density at radius 1 is 0.800 bits per heavy atom. The van der Waals surface area contributed by atoms with Crippen LogP contribution in [0.25, 0.3) is 28.2 Å². The molecule has 9 heteroatoms. The summed E-state index contributed by atoms with van der Waals surface area (Å²) in [6.07, 6.45) is -4.64. The van der Waals surface area contributed by atoms with Crippen LogP contribution in [0.1, 0.15) is 11.3 Å². The largest absolute Gasteiger partial charge is 0.489 e. The zero-order chi connectivity index (χ0) is 24.6. The van der Waals surface area contributed by atoms with Crippen molar-refractivity contribution in [3.05, 3.63) is 107 Å². The maximum atomic E-state index is 13.9. The first-order chi connectivity index (χ1) is 16.8. The number of rotatable bonds is 5. The molecule has 176 valence electrons. The van der Waals surface area contributed by atoms with Gasteiger partial charge in [-0.1, -0.05) is 35.9 Å². The van der Waals surface area contributed by atoms with E-state index >= 15 is 0 Å². The van der Waals surface area contributed by atoms with Gasteiger partial charge >= 0.3 is 6.18 Å². The molecule has 0 atom stereocenters. The van der Waals surface area contributed by atoms with E-state index in [0.29, 0.717) is 27.6 Å². The standard InChI is InChI=1S/C26H16ClF4N3O/c27-19-7-3-18(4-8-19)23-14-25-32-22(13-24(26(29,30)31)34(25)33-23)17-5-11-21(12-6-17)35-15-16-1-9-20(28)10-2-16/h1-14H,15H2. The molecule has 0 unspecified atom stereocenters. The van der Waals surface area contributed by atoms with Crippen LogP contribution in [0.15, 0.2) is 84.9 Å². The van der Waals surface area contributed by atoms with E-state index < -0.39 is 11.9 Å². The Labute approximate surface area is 202 Å². The van der Waals surface area contributed by atoms with Crippen molar-refractivity contribution in [3.8, 4) is 28.3 Å². The van der Waals surface area contributed by atoms with Crippen LogP contribution in [0.5, 0.6) is 5.75 Å². The maximum Gasteiger partial charge on any atom is 0.433 e. The third-order valence-electron chi connectivity index (χ3n) is 5.33. The second-order valence-electron chi connectivity index (χ2n) is 7.77. The van der Waals surface area contributed by atoms with Crippen molar-refractivity contribution in [2.75, 3.05) is 0 Å². The minimum absolute atomic E-state index is 0.0661. The van der Waals surface area contributed by atoms with Gasteiger partial charge in [0.25, 0.3) is 0 Å². The minimum Gasteiger partial charge on any atom is -0.489 e. The van der Waals surface area contributed by atoms with Crippen LogP contribution in [0.2, 0.25) is 5.02 Å². The highest BCUT2D eigenvalue weighted by atomic mass is 35.5. The lowest BCUT2D eigenvalue weighted by atomic mass is 10.1. The molecule has 0 fully saturated rings.